The van der Waals surface area contributed by atoms with Crippen LogP contribution in [0.1, 0.15) is 16.4 Å². The van der Waals surface area contributed by atoms with E-state index in [4.69, 9.17) is 35.4 Å². The first kappa shape index (κ1) is 19.3. The molecule has 1 N–H and O–H groups in total. The van der Waals surface area contributed by atoms with Gasteiger partial charge >= 0.3 is 0 Å². The fraction of sp³-hybridized carbons (Fsp3) is 0.150. The van der Waals surface area contributed by atoms with E-state index >= 15 is 0 Å². The fourth-order valence-corrected chi connectivity index (χ4v) is 7.10. The lowest BCUT2D eigenvalue weighted by atomic mass is 9.83. The molecule has 0 bridgehead atoms. The summed E-state index contributed by atoms with van der Waals surface area (Å²) in [6.07, 6.45) is 0. The Morgan fingerprint density at radius 1 is 0.931 bits per heavy atom. The maximum Gasteiger partial charge on any atom is 0.248 e. The average molecular weight is 479 g/mol. The third-order valence-corrected chi connectivity index (χ3v) is 8.39. The summed E-state index contributed by atoms with van der Waals surface area (Å²) in [6, 6.07) is 14.2. The number of benzene rings is 2. The zero-order valence-corrected chi connectivity index (χ0v) is 18.6. The summed E-state index contributed by atoms with van der Waals surface area (Å²) in [4.78, 5) is 32.2. The number of nitrogens with zero attached hydrogens (tertiary/aromatic N) is 1. The van der Waals surface area contributed by atoms with Crippen LogP contribution in [-0.2, 0) is 9.59 Å². The number of carbonyl (C=O) groups excluding carboxylic acids is 2. The van der Waals surface area contributed by atoms with Crippen molar-refractivity contribution in [1.82, 2.24) is 4.98 Å². The summed E-state index contributed by atoms with van der Waals surface area (Å²) in [5, 5.41) is 1.51. The number of H-pyrrole nitrogens is 1. The molecule has 0 spiro atoms. The van der Waals surface area contributed by atoms with Crippen molar-refractivity contribution >= 4 is 76.0 Å². The van der Waals surface area contributed by atoms with Gasteiger partial charge in [0.1, 0.15) is 5.25 Å². The second kappa shape index (κ2) is 7.25. The van der Waals surface area contributed by atoms with Crippen molar-refractivity contribution in [1.29, 1.82) is 0 Å². The zero-order chi connectivity index (χ0) is 20.3. The third kappa shape index (κ3) is 3.16. The molecule has 2 amide bonds. The van der Waals surface area contributed by atoms with Crippen LogP contribution >= 0.6 is 58.5 Å². The van der Waals surface area contributed by atoms with Gasteiger partial charge < -0.3 is 4.98 Å². The number of amides is 2. The van der Waals surface area contributed by atoms with E-state index in [1.807, 2.05) is 12.1 Å². The van der Waals surface area contributed by atoms with Gasteiger partial charge in [-0.15, -0.1) is 11.3 Å². The van der Waals surface area contributed by atoms with Gasteiger partial charge in [-0.2, -0.15) is 0 Å². The molecule has 0 saturated carbocycles. The molecule has 29 heavy (non-hydrogen) atoms. The van der Waals surface area contributed by atoms with Gasteiger partial charge in [-0.25, -0.2) is 4.90 Å². The molecule has 3 heterocycles. The first-order valence-corrected chi connectivity index (χ1v) is 11.6. The molecule has 0 aliphatic carbocycles. The molecule has 2 aliphatic heterocycles. The number of imide groups is 1. The number of aromatic nitrogens is 1. The predicted octanol–water partition coefficient (Wildman–Crippen LogP) is 5.91. The summed E-state index contributed by atoms with van der Waals surface area (Å²) in [5.41, 5.74) is 1.47. The SMILES string of the molecule is O=C1C2Sc3[nH]c(=S)sc3C(c3ccc(Cl)cc3)C2C(=O)N1c1ccc(Cl)cc1. The highest BCUT2D eigenvalue weighted by Gasteiger charge is 2.56. The van der Waals surface area contributed by atoms with Crippen LogP contribution in [0.4, 0.5) is 5.69 Å². The molecule has 9 heteroatoms. The van der Waals surface area contributed by atoms with Gasteiger partial charge in [-0.1, -0.05) is 47.1 Å². The van der Waals surface area contributed by atoms with Gasteiger partial charge in [0.05, 0.1) is 16.6 Å². The minimum atomic E-state index is -0.522. The highest BCUT2D eigenvalue weighted by molar-refractivity contribution is 8.01. The number of rotatable bonds is 2. The van der Waals surface area contributed by atoms with Crippen LogP contribution in [0.3, 0.4) is 0 Å². The highest BCUT2D eigenvalue weighted by Crippen LogP contribution is 2.54. The Balaban J connectivity index is 1.64. The van der Waals surface area contributed by atoms with Crippen LogP contribution in [-0.4, -0.2) is 22.0 Å². The van der Waals surface area contributed by atoms with E-state index in [2.05, 4.69) is 4.98 Å². The summed E-state index contributed by atoms with van der Waals surface area (Å²) in [5.74, 6) is -1.21. The molecule has 2 aliphatic rings. The maximum absolute atomic E-state index is 13.5. The van der Waals surface area contributed by atoms with Crippen LogP contribution in [0.5, 0.6) is 0 Å². The van der Waals surface area contributed by atoms with Crippen molar-refractivity contribution < 1.29 is 9.59 Å². The molecule has 2 aromatic carbocycles. The fourth-order valence-electron chi connectivity index (χ4n) is 3.89. The Hall–Kier alpha value is -1.64. The van der Waals surface area contributed by atoms with Crippen molar-refractivity contribution in [3.8, 4) is 0 Å². The Morgan fingerprint density at radius 3 is 2.21 bits per heavy atom. The van der Waals surface area contributed by atoms with Crippen molar-refractivity contribution in [2.75, 3.05) is 4.90 Å². The monoisotopic (exact) mass is 478 g/mol. The molecule has 1 saturated heterocycles. The number of thioether (sulfide) groups is 1. The second-order valence-corrected chi connectivity index (χ2v) is 10.5. The molecule has 0 radical (unpaired) electrons. The molecule has 3 atom stereocenters. The van der Waals surface area contributed by atoms with E-state index in [0.717, 1.165) is 15.5 Å². The van der Waals surface area contributed by atoms with Gasteiger partial charge in [0, 0.05) is 20.8 Å². The van der Waals surface area contributed by atoms with E-state index in [1.54, 1.807) is 36.4 Å². The number of nitrogens with one attached hydrogen (secondary N) is 1. The molecule has 3 unspecified atom stereocenters. The van der Waals surface area contributed by atoms with Gasteiger partial charge in [-0.3, -0.25) is 9.59 Å². The number of fused-ring (bicyclic) bond motifs is 2. The standard InChI is InChI=1S/C20H12Cl2N2O2S3/c21-10-3-1-9(2-4-10)13-14-16(28-17-15(13)29-20(27)23-17)19(26)24(18(14)25)12-7-5-11(22)6-8-12/h1-8,13-14,16H,(H,23,27). The van der Waals surface area contributed by atoms with E-state index in [1.165, 1.54) is 28.0 Å². The minimum absolute atomic E-state index is 0.209. The van der Waals surface area contributed by atoms with Gasteiger partial charge in [0.25, 0.3) is 0 Å². The molecule has 1 fully saturated rings. The third-order valence-electron chi connectivity index (χ3n) is 5.14. The molecule has 1 aromatic heterocycles. The highest BCUT2D eigenvalue weighted by atomic mass is 35.5. The van der Waals surface area contributed by atoms with Crippen molar-refractivity contribution in [3.63, 3.8) is 0 Å². The predicted molar refractivity (Wildman–Crippen MR) is 120 cm³/mol. The summed E-state index contributed by atoms with van der Waals surface area (Å²) in [6.45, 7) is 0. The Kier molecular flexibility index (Phi) is 4.83. The topological polar surface area (TPSA) is 53.2 Å². The lowest BCUT2D eigenvalue weighted by Crippen LogP contribution is -2.32. The molecule has 4 nitrogen and oxygen atoms in total. The van der Waals surface area contributed by atoms with Gasteiger partial charge in [0.15, 0.2) is 3.95 Å². The van der Waals surface area contributed by atoms with Crippen molar-refractivity contribution in [2.45, 2.75) is 16.2 Å². The number of carbonyl (C=O) groups is 2. The minimum Gasteiger partial charge on any atom is -0.332 e. The van der Waals surface area contributed by atoms with Crippen LogP contribution in [0.15, 0.2) is 53.6 Å². The maximum atomic E-state index is 13.5. The smallest absolute Gasteiger partial charge is 0.248 e. The van der Waals surface area contributed by atoms with Gasteiger partial charge in [0.2, 0.25) is 11.8 Å². The second-order valence-electron chi connectivity index (χ2n) is 6.79. The van der Waals surface area contributed by atoms with E-state index in [-0.39, 0.29) is 17.7 Å². The summed E-state index contributed by atoms with van der Waals surface area (Å²) in [7, 11) is 0. The van der Waals surface area contributed by atoms with E-state index < -0.39 is 11.2 Å². The Bertz CT molecular complexity index is 1190. The molecule has 5 rings (SSSR count). The number of thiazole rings is 1. The number of hydrogen-bond acceptors (Lipinski definition) is 5. The number of halogens is 2. The first-order valence-electron chi connectivity index (χ1n) is 8.72. The lowest BCUT2D eigenvalue weighted by Gasteiger charge is -2.29. The number of aromatic amines is 1. The van der Waals surface area contributed by atoms with Crippen LogP contribution in [0.25, 0.3) is 0 Å². The van der Waals surface area contributed by atoms with Crippen molar-refractivity contribution in [2.24, 2.45) is 5.92 Å². The average Bonchev–Trinajstić information content (AvgIpc) is 3.19. The van der Waals surface area contributed by atoms with Crippen LogP contribution in [0, 0.1) is 9.87 Å². The van der Waals surface area contributed by atoms with Crippen molar-refractivity contribution in [3.05, 3.63) is 73.0 Å². The Labute approximate surface area is 189 Å². The van der Waals surface area contributed by atoms with Gasteiger partial charge in [-0.05, 0) is 54.2 Å². The largest absolute Gasteiger partial charge is 0.332 e. The summed E-state index contributed by atoms with van der Waals surface area (Å²) < 4.78 is 0.635. The zero-order valence-electron chi connectivity index (χ0n) is 14.6. The first-order chi connectivity index (χ1) is 13.9. The summed E-state index contributed by atoms with van der Waals surface area (Å²) >= 11 is 20.2. The molecular weight excluding hydrogens is 467 g/mol. The molecule has 3 aromatic rings. The van der Waals surface area contributed by atoms with Crippen LogP contribution < -0.4 is 4.90 Å². The quantitative estimate of drug-likeness (QED) is 0.367. The van der Waals surface area contributed by atoms with E-state index in [0.29, 0.717) is 19.7 Å². The normalized spacial score (nSPS) is 23.2. The Morgan fingerprint density at radius 2 is 1.55 bits per heavy atom. The molecular formula is C20H12Cl2N2O2S3. The van der Waals surface area contributed by atoms with Crippen LogP contribution in [0.2, 0.25) is 10.0 Å². The molecule has 146 valence electrons. The van der Waals surface area contributed by atoms with E-state index in [9.17, 15) is 9.59 Å². The number of anilines is 1. The lowest BCUT2D eigenvalue weighted by molar-refractivity contribution is -0.122. The number of hydrogen-bond donors (Lipinski definition) is 1.